The van der Waals surface area contributed by atoms with Crippen molar-refractivity contribution >= 4 is 33.2 Å². The number of aromatic carboxylic acids is 1. The molecule has 18 heavy (non-hydrogen) atoms. The first kappa shape index (κ1) is 13.1. The van der Waals surface area contributed by atoms with Gasteiger partial charge in [0.15, 0.2) is 0 Å². The van der Waals surface area contributed by atoms with Gasteiger partial charge in [0.05, 0.1) is 0 Å². The molecule has 0 saturated carbocycles. The van der Waals surface area contributed by atoms with E-state index in [-0.39, 0.29) is 0 Å². The fourth-order valence-corrected chi connectivity index (χ4v) is 2.44. The Morgan fingerprint density at radius 1 is 1.39 bits per heavy atom. The Labute approximate surface area is 117 Å². The summed E-state index contributed by atoms with van der Waals surface area (Å²) < 4.78 is 6.66. The van der Waals surface area contributed by atoms with Crippen LogP contribution in [0.4, 0.5) is 0 Å². The van der Waals surface area contributed by atoms with Gasteiger partial charge in [-0.3, -0.25) is 0 Å². The minimum Gasteiger partial charge on any atom is -0.488 e. The molecule has 94 valence electrons. The van der Waals surface area contributed by atoms with E-state index in [0.29, 0.717) is 11.5 Å². The fourth-order valence-electron chi connectivity index (χ4n) is 1.43. The summed E-state index contributed by atoms with van der Waals surface area (Å²) in [7, 11) is 0. The number of carboxylic acids is 1. The Bertz CT molecular complexity index is 577. The van der Waals surface area contributed by atoms with Crippen LogP contribution in [-0.4, -0.2) is 11.1 Å². The molecule has 0 saturated heterocycles. The van der Waals surface area contributed by atoms with Crippen LogP contribution >= 0.6 is 27.3 Å². The van der Waals surface area contributed by atoms with Gasteiger partial charge in [-0.25, -0.2) is 4.79 Å². The van der Waals surface area contributed by atoms with Gasteiger partial charge in [-0.1, -0.05) is 15.9 Å². The molecule has 1 heterocycles. The van der Waals surface area contributed by atoms with Crippen LogP contribution in [0.15, 0.2) is 34.8 Å². The van der Waals surface area contributed by atoms with E-state index in [1.807, 2.05) is 25.1 Å². The van der Waals surface area contributed by atoms with Gasteiger partial charge in [-0.2, -0.15) is 0 Å². The second-order valence-corrected chi connectivity index (χ2v) is 5.79. The van der Waals surface area contributed by atoms with Gasteiger partial charge in [0.2, 0.25) is 0 Å². The maximum atomic E-state index is 10.7. The molecule has 0 amide bonds. The number of aryl methyl sites for hydroxylation is 1. The van der Waals surface area contributed by atoms with E-state index in [0.717, 1.165) is 20.7 Å². The summed E-state index contributed by atoms with van der Waals surface area (Å²) in [5.74, 6) is -0.119. The number of hydrogen-bond acceptors (Lipinski definition) is 3. The van der Waals surface area contributed by atoms with Crippen LogP contribution in [0.5, 0.6) is 5.75 Å². The molecule has 2 aromatic rings. The summed E-state index contributed by atoms with van der Waals surface area (Å²) in [5.41, 5.74) is 1.10. The summed E-state index contributed by atoms with van der Waals surface area (Å²) >= 11 is 4.66. The number of halogens is 1. The molecule has 2 rings (SSSR count). The quantitative estimate of drug-likeness (QED) is 0.920. The highest BCUT2D eigenvalue weighted by Gasteiger charge is 2.07. The summed E-state index contributed by atoms with van der Waals surface area (Å²) in [6.45, 7) is 2.38. The zero-order valence-electron chi connectivity index (χ0n) is 9.64. The molecule has 0 bridgehead atoms. The van der Waals surface area contributed by atoms with Crippen molar-refractivity contribution in [3.63, 3.8) is 0 Å². The maximum Gasteiger partial charge on any atom is 0.345 e. The molecule has 0 fully saturated rings. The summed E-state index contributed by atoms with van der Waals surface area (Å²) in [4.78, 5) is 12.0. The van der Waals surface area contributed by atoms with E-state index >= 15 is 0 Å². The molecule has 1 aromatic heterocycles. The lowest BCUT2D eigenvalue weighted by Crippen LogP contribution is -1.93. The zero-order chi connectivity index (χ0) is 13.1. The normalized spacial score (nSPS) is 10.3. The van der Waals surface area contributed by atoms with Crippen molar-refractivity contribution in [1.82, 2.24) is 0 Å². The van der Waals surface area contributed by atoms with Crippen molar-refractivity contribution in [1.29, 1.82) is 0 Å². The van der Waals surface area contributed by atoms with Gasteiger partial charge in [0.1, 0.15) is 17.2 Å². The van der Waals surface area contributed by atoms with Gasteiger partial charge in [0, 0.05) is 9.35 Å². The maximum absolute atomic E-state index is 10.7. The number of rotatable bonds is 4. The first-order valence-corrected chi connectivity index (χ1v) is 6.88. The van der Waals surface area contributed by atoms with Crippen LogP contribution in [0, 0.1) is 6.92 Å². The Hall–Kier alpha value is -1.33. The lowest BCUT2D eigenvalue weighted by molar-refractivity contribution is 0.0702. The van der Waals surface area contributed by atoms with Crippen LogP contribution in [0.3, 0.4) is 0 Å². The third-order valence-electron chi connectivity index (χ3n) is 2.38. The second kappa shape index (κ2) is 5.54. The van der Waals surface area contributed by atoms with E-state index in [1.165, 1.54) is 11.3 Å². The highest BCUT2D eigenvalue weighted by Crippen LogP contribution is 2.23. The van der Waals surface area contributed by atoms with Crippen molar-refractivity contribution in [3.05, 3.63) is 50.1 Å². The SMILES string of the molecule is Cc1cc(OCc2ccc(C(=O)O)s2)ccc1Br. The predicted octanol–water partition coefficient (Wildman–Crippen LogP) is 4.10. The van der Waals surface area contributed by atoms with Crippen LogP contribution in [0.25, 0.3) is 0 Å². The first-order chi connectivity index (χ1) is 8.56. The average Bonchev–Trinajstić information content (AvgIpc) is 2.79. The largest absolute Gasteiger partial charge is 0.488 e. The van der Waals surface area contributed by atoms with Gasteiger partial charge in [0.25, 0.3) is 0 Å². The molecule has 1 N–H and O–H groups in total. The fraction of sp³-hybridized carbons (Fsp3) is 0.154. The standard InChI is InChI=1S/C13H11BrO3S/c1-8-6-9(2-4-11(8)14)17-7-10-3-5-12(18-10)13(15)16/h2-6H,7H2,1H3,(H,15,16). The van der Waals surface area contributed by atoms with Gasteiger partial charge < -0.3 is 9.84 Å². The van der Waals surface area contributed by atoms with Crippen LogP contribution in [0.2, 0.25) is 0 Å². The third-order valence-corrected chi connectivity index (χ3v) is 4.32. The summed E-state index contributed by atoms with van der Waals surface area (Å²) in [5, 5.41) is 8.81. The Morgan fingerprint density at radius 3 is 2.78 bits per heavy atom. The smallest absolute Gasteiger partial charge is 0.345 e. The van der Waals surface area contributed by atoms with Crippen molar-refractivity contribution < 1.29 is 14.6 Å². The molecule has 0 aliphatic carbocycles. The molecule has 0 aliphatic heterocycles. The number of hydrogen-bond donors (Lipinski definition) is 1. The zero-order valence-corrected chi connectivity index (χ0v) is 12.0. The van der Waals surface area contributed by atoms with Crippen molar-refractivity contribution in [2.24, 2.45) is 0 Å². The van der Waals surface area contributed by atoms with E-state index in [9.17, 15) is 4.79 Å². The van der Waals surface area contributed by atoms with Crippen LogP contribution in [0.1, 0.15) is 20.1 Å². The van der Waals surface area contributed by atoms with E-state index in [4.69, 9.17) is 9.84 Å². The van der Waals surface area contributed by atoms with Crippen LogP contribution < -0.4 is 4.74 Å². The lowest BCUT2D eigenvalue weighted by atomic mass is 10.2. The minimum absolute atomic E-state index is 0.334. The lowest BCUT2D eigenvalue weighted by Gasteiger charge is -2.06. The number of carboxylic acid groups (broad SMARTS) is 1. The van der Waals surface area contributed by atoms with E-state index in [1.54, 1.807) is 12.1 Å². The van der Waals surface area contributed by atoms with Gasteiger partial charge >= 0.3 is 5.97 Å². The average molecular weight is 327 g/mol. The minimum atomic E-state index is -0.897. The first-order valence-electron chi connectivity index (χ1n) is 5.27. The number of thiophene rings is 1. The monoisotopic (exact) mass is 326 g/mol. The van der Waals surface area contributed by atoms with Crippen molar-refractivity contribution in [2.45, 2.75) is 13.5 Å². The summed E-state index contributed by atoms with van der Waals surface area (Å²) in [6.07, 6.45) is 0. The second-order valence-electron chi connectivity index (χ2n) is 3.77. The number of ether oxygens (including phenoxy) is 1. The number of carbonyl (C=O) groups is 1. The highest BCUT2D eigenvalue weighted by atomic mass is 79.9. The molecular weight excluding hydrogens is 316 g/mol. The van der Waals surface area contributed by atoms with Gasteiger partial charge in [-0.15, -0.1) is 11.3 Å². The van der Waals surface area contributed by atoms with Crippen molar-refractivity contribution in [2.75, 3.05) is 0 Å². The van der Waals surface area contributed by atoms with E-state index < -0.39 is 5.97 Å². The Kier molecular flexibility index (Phi) is 4.04. The Balaban J connectivity index is 2.02. The van der Waals surface area contributed by atoms with Crippen molar-refractivity contribution in [3.8, 4) is 5.75 Å². The summed E-state index contributed by atoms with van der Waals surface area (Å²) in [6, 6.07) is 9.12. The van der Waals surface area contributed by atoms with Gasteiger partial charge in [-0.05, 0) is 42.8 Å². The molecule has 1 aromatic carbocycles. The molecule has 0 unspecified atom stereocenters. The molecule has 0 radical (unpaired) electrons. The van der Waals surface area contributed by atoms with Crippen LogP contribution in [-0.2, 0) is 6.61 Å². The molecule has 0 spiro atoms. The predicted molar refractivity (Wildman–Crippen MR) is 74.5 cm³/mol. The number of benzene rings is 1. The molecule has 5 heteroatoms. The molecular formula is C13H11BrO3S. The molecule has 0 atom stereocenters. The highest BCUT2D eigenvalue weighted by molar-refractivity contribution is 9.10. The van der Waals surface area contributed by atoms with E-state index in [2.05, 4.69) is 15.9 Å². The molecule has 0 aliphatic rings. The third kappa shape index (κ3) is 3.11. The topological polar surface area (TPSA) is 46.5 Å². The Morgan fingerprint density at radius 2 is 2.17 bits per heavy atom. The molecule has 3 nitrogen and oxygen atoms in total.